The van der Waals surface area contributed by atoms with Gasteiger partial charge in [-0.25, -0.2) is 0 Å². The summed E-state index contributed by atoms with van der Waals surface area (Å²) in [6.07, 6.45) is 0. The highest BCUT2D eigenvalue weighted by Crippen LogP contribution is 2.35. The molecule has 6 aromatic carbocycles. The zero-order valence-electron chi connectivity index (χ0n) is 21.2. The minimum Gasteiger partial charge on any atom is -0.354 e. The lowest BCUT2D eigenvalue weighted by Crippen LogP contribution is -2.30. The molecule has 0 atom stereocenters. The molecule has 8 aromatic rings. The van der Waals surface area contributed by atoms with Crippen molar-refractivity contribution < 1.29 is 0 Å². The van der Waals surface area contributed by atoms with Crippen LogP contribution >= 0.6 is 0 Å². The van der Waals surface area contributed by atoms with Crippen molar-refractivity contribution in [1.29, 1.82) is 0 Å². The molecule has 0 aliphatic heterocycles. The van der Waals surface area contributed by atoms with Crippen LogP contribution < -0.4 is 10.4 Å². The second kappa shape index (κ2) is 8.86. The Labute approximate surface area is 228 Å². The third-order valence-electron chi connectivity index (χ3n) is 7.76. The Bertz CT molecular complexity index is 2010. The van der Waals surface area contributed by atoms with E-state index in [4.69, 9.17) is 0 Å². The highest BCUT2D eigenvalue weighted by Gasteiger charge is 2.17. The van der Waals surface area contributed by atoms with Crippen LogP contribution in [0.5, 0.6) is 0 Å². The first-order valence-corrected chi connectivity index (χ1v) is 14.3. The van der Waals surface area contributed by atoms with Crippen molar-refractivity contribution in [1.82, 2.24) is 9.97 Å². The topological polar surface area (TPSA) is 31.6 Å². The SMILES string of the molecule is c1ccc(-c2cccc3[nH]c4ccccc4c23)c([Si]c2ccccc2-c2cccc3[nH]c4ccccc4c23)c1. The van der Waals surface area contributed by atoms with Crippen molar-refractivity contribution in [3.05, 3.63) is 133 Å². The molecule has 2 aromatic heterocycles. The maximum Gasteiger partial charge on any atom is 0.123 e. The molecule has 0 saturated heterocycles. The number of para-hydroxylation sites is 2. The van der Waals surface area contributed by atoms with Crippen molar-refractivity contribution in [2.24, 2.45) is 0 Å². The number of H-pyrrole nitrogens is 2. The average molecular weight is 513 g/mol. The Morgan fingerprint density at radius 2 is 0.718 bits per heavy atom. The van der Waals surface area contributed by atoms with Crippen LogP contribution in [-0.4, -0.2) is 19.5 Å². The summed E-state index contributed by atoms with van der Waals surface area (Å²) in [5.41, 5.74) is 9.87. The van der Waals surface area contributed by atoms with Crippen LogP contribution in [0.2, 0.25) is 0 Å². The van der Waals surface area contributed by atoms with Crippen LogP contribution in [0.25, 0.3) is 65.9 Å². The predicted molar refractivity (Wildman–Crippen MR) is 168 cm³/mol. The number of aromatic nitrogens is 2. The van der Waals surface area contributed by atoms with Gasteiger partial charge in [0.2, 0.25) is 0 Å². The predicted octanol–water partition coefficient (Wildman–Crippen LogP) is 7.94. The van der Waals surface area contributed by atoms with Gasteiger partial charge in [-0.1, -0.05) is 120 Å². The molecule has 0 bridgehead atoms. The summed E-state index contributed by atoms with van der Waals surface area (Å²) in [6, 6.07) is 48.3. The van der Waals surface area contributed by atoms with Crippen LogP contribution in [0, 0.1) is 0 Å². The molecular weight excluding hydrogens is 488 g/mol. The van der Waals surface area contributed by atoms with E-state index < -0.39 is 0 Å². The summed E-state index contributed by atoms with van der Waals surface area (Å²) in [6.45, 7) is 0. The van der Waals surface area contributed by atoms with Crippen molar-refractivity contribution in [2.75, 3.05) is 0 Å². The Morgan fingerprint density at radius 1 is 0.333 bits per heavy atom. The van der Waals surface area contributed by atoms with E-state index in [1.807, 2.05) is 0 Å². The highest BCUT2D eigenvalue weighted by molar-refractivity contribution is 6.70. The van der Waals surface area contributed by atoms with E-state index in [0.717, 1.165) is 0 Å². The normalized spacial score (nSPS) is 11.7. The molecule has 0 spiro atoms. The Hall–Kier alpha value is -4.86. The molecule has 2 N–H and O–H groups in total. The van der Waals surface area contributed by atoms with Crippen LogP contribution in [0.15, 0.2) is 133 Å². The minimum atomic E-state index is 0.520. The number of rotatable bonds is 4. The summed E-state index contributed by atoms with van der Waals surface area (Å²) in [4.78, 5) is 7.23. The summed E-state index contributed by atoms with van der Waals surface area (Å²) < 4.78 is 0. The lowest BCUT2D eigenvalue weighted by molar-refractivity contribution is 1.54. The largest absolute Gasteiger partial charge is 0.354 e. The molecule has 0 amide bonds. The summed E-state index contributed by atoms with van der Waals surface area (Å²) in [5, 5.41) is 7.84. The molecular formula is C36H24N2Si. The maximum atomic E-state index is 3.62. The van der Waals surface area contributed by atoms with E-state index >= 15 is 0 Å². The monoisotopic (exact) mass is 512 g/mol. The van der Waals surface area contributed by atoms with Gasteiger partial charge in [0.05, 0.1) is 0 Å². The number of fused-ring (bicyclic) bond motifs is 6. The fraction of sp³-hybridized carbons (Fsp3) is 0. The lowest BCUT2D eigenvalue weighted by atomic mass is 9.99. The van der Waals surface area contributed by atoms with Crippen molar-refractivity contribution in [3.8, 4) is 22.3 Å². The Morgan fingerprint density at radius 3 is 1.23 bits per heavy atom. The molecule has 0 aliphatic carbocycles. The van der Waals surface area contributed by atoms with Gasteiger partial charge in [-0.05, 0) is 46.5 Å². The molecule has 0 fully saturated rings. The van der Waals surface area contributed by atoms with Crippen LogP contribution in [0.3, 0.4) is 0 Å². The molecule has 2 radical (unpaired) electrons. The quantitative estimate of drug-likeness (QED) is 0.224. The Kier molecular flexibility index (Phi) is 5.03. The van der Waals surface area contributed by atoms with Crippen LogP contribution in [-0.2, 0) is 0 Å². The van der Waals surface area contributed by atoms with Crippen molar-refractivity contribution in [2.45, 2.75) is 0 Å². The van der Waals surface area contributed by atoms with Gasteiger partial charge in [0.1, 0.15) is 9.52 Å². The van der Waals surface area contributed by atoms with Gasteiger partial charge in [0, 0.05) is 43.6 Å². The standard InChI is InChI=1S/C36H24N2Si/c1-5-17-29-27(13-1)35-25(15-9-19-31(35)37-29)23-11-3-7-21-33(23)39-34-22-8-4-12-24(34)26-16-10-20-32-36(26)28-14-2-6-18-30(28)38-32/h1-22,37-38H. The number of hydrogen-bond acceptors (Lipinski definition) is 0. The van der Waals surface area contributed by atoms with Crippen molar-refractivity contribution in [3.63, 3.8) is 0 Å². The van der Waals surface area contributed by atoms with Crippen LogP contribution in [0.1, 0.15) is 0 Å². The summed E-state index contributed by atoms with van der Waals surface area (Å²) in [5.74, 6) is 0. The van der Waals surface area contributed by atoms with Gasteiger partial charge in [-0.3, -0.25) is 0 Å². The molecule has 2 nitrogen and oxygen atoms in total. The fourth-order valence-corrected chi connectivity index (χ4v) is 7.41. The van der Waals surface area contributed by atoms with E-state index in [2.05, 4.69) is 143 Å². The Balaban J connectivity index is 1.31. The number of benzene rings is 6. The molecule has 0 aliphatic rings. The minimum absolute atomic E-state index is 0.520. The van der Waals surface area contributed by atoms with E-state index in [0.29, 0.717) is 9.52 Å². The van der Waals surface area contributed by atoms with E-state index in [1.54, 1.807) is 0 Å². The summed E-state index contributed by atoms with van der Waals surface area (Å²) >= 11 is 0. The van der Waals surface area contributed by atoms with Gasteiger partial charge in [0.15, 0.2) is 0 Å². The van der Waals surface area contributed by atoms with Gasteiger partial charge in [0.25, 0.3) is 0 Å². The molecule has 8 rings (SSSR count). The number of hydrogen-bond donors (Lipinski definition) is 2. The first kappa shape index (κ1) is 22.2. The van der Waals surface area contributed by atoms with Gasteiger partial charge >= 0.3 is 0 Å². The summed E-state index contributed by atoms with van der Waals surface area (Å²) in [7, 11) is 0.520. The molecule has 0 saturated carbocycles. The second-order valence-electron chi connectivity index (χ2n) is 10.0. The van der Waals surface area contributed by atoms with E-state index in [1.165, 1.54) is 76.2 Å². The lowest BCUT2D eigenvalue weighted by Gasteiger charge is -2.14. The fourth-order valence-electron chi connectivity index (χ4n) is 6.05. The average Bonchev–Trinajstić information content (AvgIpc) is 3.56. The maximum absolute atomic E-state index is 3.62. The first-order valence-electron chi connectivity index (χ1n) is 13.3. The van der Waals surface area contributed by atoms with Gasteiger partial charge in [-0.15, -0.1) is 0 Å². The third kappa shape index (κ3) is 3.55. The molecule has 39 heavy (non-hydrogen) atoms. The first-order chi connectivity index (χ1) is 19.3. The van der Waals surface area contributed by atoms with Crippen molar-refractivity contribution >= 4 is 63.5 Å². The van der Waals surface area contributed by atoms with E-state index in [9.17, 15) is 0 Å². The highest BCUT2D eigenvalue weighted by atomic mass is 28.2. The zero-order valence-corrected chi connectivity index (χ0v) is 22.2. The van der Waals surface area contributed by atoms with Gasteiger partial charge in [-0.2, -0.15) is 0 Å². The molecule has 3 heteroatoms. The zero-order chi connectivity index (χ0) is 25.8. The van der Waals surface area contributed by atoms with Gasteiger partial charge < -0.3 is 9.97 Å². The molecule has 182 valence electrons. The number of nitrogens with one attached hydrogen (secondary N) is 2. The second-order valence-corrected chi connectivity index (χ2v) is 11.3. The molecule has 0 unspecified atom stereocenters. The van der Waals surface area contributed by atoms with Crippen LogP contribution in [0.4, 0.5) is 0 Å². The molecule has 2 heterocycles. The third-order valence-corrected chi connectivity index (χ3v) is 9.17. The van der Waals surface area contributed by atoms with E-state index in [-0.39, 0.29) is 0 Å². The smallest absolute Gasteiger partial charge is 0.123 e. The number of aromatic amines is 2.